The van der Waals surface area contributed by atoms with Gasteiger partial charge in [-0.1, -0.05) is 6.92 Å². The Morgan fingerprint density at radius 2 is 2.17 bits per heavy atom. The third-order valence-electron chi connectivity index (χ3n) is 4.44. The topological polar surface area (TPSA) is 76.5 Å². The standard InChI is InChI=1S/C17H28N4O3/c1-4-9-24-13(2)17(23)18-11-14-5-7-21(8-6-14)15-10-16(22)20(3)19-12-15/h10,12-14H,4-9,11H2,1-3H3,(H,18,23). The summed E-state index contributed by atoms with van der Waals surface area (Å²) in [4.78, 5) is 25.8. The predicted octanol–water partition coefficient (Wildman–Crippen LogP) is 0.928. The fourth-order valence-electron chi connectivity index (χ4n) is 2.79. The van der Waals surface area contributed by atoms with E-state index in [9.17, 15) is 9.59 Å². The van der Waals surface area contributed by atoms with E-state index in [4.69, 9.17) is 4.74 Å². The second-order valence-corrected chi connectivity index (χ2v) is 6.36. The van der Waals surface area contributed by atoms with E-state index in [1.54, 1.807) is 26.2 Å². The summed E-state index contributed by atoms with van der Waals surface area (Å²) in [7, 11) is 1.65. The molecule has 1 amide bonds. The molecule has 1 unspecified atom stereocenters. The van der Waals surface area contributed by atoms with Crippen LogP contribution < -0.4 is 15.8 Å². The number of amides is 1. The van der Waals surface area contributed by atoms with Crippen LogP contribution >= 0.6 is 0 Å². The van der Waals surface area contributed by atoms with Crippen LogP contribution in [0.4, 0.5) is 5.69 Å². The normalized spacial score (nSPS) is 16.9. The molecule has 24 heavy (non-hydrogen) atoms. The van der Waals surface area contributed by atoms with Crippen LogP contribution in [-0.2, 0) is 16.6 Å². The third-order valence-corrected chi connectivity index (χ3v) is 4.44. The molecule has 1 aromatic heterocycles. The van der Waals surface area contributed by atoms with Gasteiger partial charge in [0.1, 0.15) is 6.10 Å². The van der Waals surface area contributed by atoms with Crippen molar-refractivity contribution < 1.29 is 9.53 Å². The van der Waals surface area contributed by atoms with Gasteiger partial charge in [-0.05, 0) is 32.1 Å². The Bertz CT molecular complexity index is 594. The largest absolute Gasteiger partial charge is 0.370 e. The van der Waals surface area contributed by atoms with Crippen molar-refractivity contribution in [1.29, 1.82) is 0 Å². The highest BCUT2D eigenvalue weighted by Crippen LogP contribution is 2.21. The van der Waals surface area contributed by atoms with Gasteiger partial charge < -0.3 is 15.0 Å². The average molecular weight is 336 g/mol. The van der Waals surface area contributed by atoms with E-state index in [0.717, 1.165) is 38.0 Å². The zero-order valence-corrected chi connectivity index (χ0v) is 14.8. The number of anilines is 1. The van der Waals surface area contributed by atoms with Gasteiger partial charge in [-0.2, -0.15) is 5.10 Å². The maximum absolute atomic E-state index is 12.0. The van der Waals surface area contributed by atoms with Crippen molar-refractivity contribution in [2.75, 3.05) is 31.1 Å². The van der Waals surface area contributed by atoms with Gasteiger partial charge in [0.05, 0.1) is 11.9 Å². The molecule has 0 bridgehead atoms. The Hall–Kier alpha value is -1.89. The Morgan fingerprint density at radius 3 is 2.79 bits per heavy atom. The van der Waals surface area contributed by atoms with E-state index in [2.05, 4.69) is 15.3 Å². The first-order valence-electron chi connectivity index (χ1n) is 8.69. The number of carbonyl (C=O) groups is 1. The van der Waals surface area contributed by atoms with Gasteiger partial charge in [0, 0.05) is 39.4 Å². The molecular weight excluding hydrogens is 308 g/mol. The molecule has 2 rings (SSSR count). The van der Waals surface area contributed by atoms with Crippen molar-refractivity contribution in [2.24, 2.45) is 13.0 Å². The molecule has 1 aliphatic rings. The molecule has 0 aliphatic carbocycles. The molecule has 1 fully saturated rings. The fraction of sp³-hybridized carbons (Fsp3) is 0.706. The molecule has 1 aliphatic heterocycles. The summed E-state index contributed by atoms with van der Waals surface area (Å²) < 4.78 is 6.76. The van der Waals surface area contributed by atoms with Gasteiger partial charge in [0.2, 0.25) is 5.91 Å². The Labute approximate surface area is 143 Å². The maximum Gasteiger partial charge on any atom is 0.268 e. The number of nitrogens with one attached hydrogen (secondary N) is 1. The van der Waals surface area contributed by atoms with Crippen LogP contribution in [0.25, 0.3) is 0 Å². The number of aryl methyl sites for hydroxylation is 1. The minimum Gasteiger partial charge on any atom is -0.370 e. The van der Waals surface area contributed by atoms with E-state index in [1.165, 1.54) is 4.68 Å². The molecule has 7 heteroatoms. The molecular formula is C17H28N4O3. The minimum absolute atomic E-state index is 0.0402. The highest BCUT2D eigenvalue weighted by Gasteiger charge is 2.21. The van der Waals surface area contributed by atoms with Crippen LogP contribution in [-0.4, -0.2) is 48.0 Å². The molecule has 1 saturated heterocycles. The highest BCUT2D eigenvalue weighted by atomic mass is 16.5. The van der Waals surface area contributed by atoms with Crippen molar-refractivity contribution in [2.45, 2.75) is 39.2 Å². The van der Waals surface area contributed by atoms with Crippen LogP contribution in [0.1, 0.15) is 33.1 Å². The lowest BCUT2D eigenvalue weighted by Gasteiger charge is -2.33. The van der Waals surface area contributed by atoms with Gasteiger partial charge >= 0.3 is 0 Å². The minimum atomic E-state index is -0.392. The number of ether oxygens (including phenoxy) is 1. The molecule has 0 radical (unpaired) electrons. The first-order valence-corrected chi connectivity index (χ1v) is 8.69. The molecule has 1 aromatic rings. The number of hydrogen-bond donors (Lipinski definition) is 1. The van der Waals surface area contributed by atoms with Crippen LogP contribution in [0.5, 0.6) is 0 Å². The number of nitrogens with zero attached hydrogens (tertiary/aromatic N) is 3. The van der Waals surface area contributed by atoms with E-state index in [-0.39, 0.29) is 11.5 Å². The molecule has 0 aromatic carbocycles. The van der Waals surface area contributed by atoms with Gasteiger partial charge in [-0.15, -0.1) is 0 Å². The number of carbonyl (C=O) groups excluding carboxylic acids is 1. The van der Waals surface area contributed by atoms with Crippen molar-refractivity contribution in [1.82, 2.24) is 15.1 Å². The second kappa shape index (κ2) is 8.82. The Kier molecular flexibility index (Phi) is 6.78. The number of hydrogen-bond acceptors (Lipinski definition) is 5. The smallest absolute Gasteiger partial charge is 0.268 e. The predicted molar refractivity (Wildman–Crippen MR) is 93.1 cm³/mol. The lowest BCUT2D eigenvalue weighted by atomic mass is 9.96. The molecule has 1 N–H and O–H groups in total. The molecule has 0 spiro atoms. The first kappa shape index (κ1) is 18.4. The van der Waals surface area contributed by atoms with E-state index in [1.807, 2.05) is 6.92 Å². The third kappa shape index (κ3) is 5.06. The zero-order chi connectivity index (χ0) is 17.5. The lowest BCUT2D eigenvalue weighted by Crippen LogP contribution is -2.42. The SMILES string of the molecule is CCCOC(C)C(=O)NCC1CCN(c2cnn(C)c(=O)c2)CC1. The summed E-state index contributed by atoms with van der Waals surface area (Å²) in [6.45, 7) is 6.85. The van der Waals surface area contributed by atoms with Gasteiger partial charge in [0.25, 0.3) is 5.56 Å². The average Bonchev–Trinajstić information content (AvgIpc) is 2.60. The van der Waals surface area contributed by atoms with Gasteiger partial charge in [-0.25, -0.2) is 4.68 Å². The lowest BCUT2D eigenvalue weighted by molar-refractivity contribution is -0.131. The molecule has 0 saturated carbocycles. The van der Waals surface area contributed by atoms with E-state index < -0.39 is 6.10 Å². The summed E-state index contributed by atoms with van der Waals surface area (Å²) in [6, 6.07) is 1.63. The summed E-state index contributed by atoms with van der Waals surface area (Å²) in [5, 5.41) is 7.05. The van der Waals surface area contributed by atoms with Crippen molar-refractivity contribution in [3.63, 3.8) is 0 Å². The summed E-state index contributed by atoms with van der Waals surface area (Å²) >= 11 is 0. The second-order valence-electron chi connectivity index (χ2n) is 6.36. The van der Waals surface area contributed by atoms with Crippen molar-refractivity contribution >= 4 is 11.6 Å². The van der Waals surface area contributed by atoms with Gasteiger partial charge in [0.15, 0.2) is 0 Å². The number of rotatable bonds is 7. The van der Waals surface area contributed by atoms with Gasteiger partial charge in [-0.3, -0.25) is 9.59 Å². The molecule has 1 atom stereocenters. The van der Waals surface area contributed by atoms with Crippen molar-refractivity contribution in [3.05, 3.63) is 22.6 Å². The van der Waals surface area contributed by atoms with Crippen molar-refractivity contribution in [3.8, 4) is 0 Å². The van der Waals surface area contributed by atoms with E-state index in [0.29, 0.717) is 19.1 Å². The zero-order valence-electron chi connectivity index (χ0n) is 14.8. The molecule has 7 nitrogen and oxygen atoms in total. The molecule has 134 valence electrons. The molecule has 2 heterocycles. The number of piperidine rings is 1. The van der Waals surface area contributed by atoms with Crippen LogP contribution in [0.3, 0.4) is 0 Å². The Morgan fingerprint density at radius 1 is 1.46 bits per heavy atom. The summed E-state index contributed by atoms with van der Waals surface area (Å²) in [5.41, 5.74) is 0.783. The van der Waals surface area contributed by atoms with Crippen LogP contribution in [0, 0.1) is 5.92 Å². The summed E-state index contributed by atoms with van der Waals surface area (Å²) in [6.07, 6.45) is 4.22. The summed E-state index contributed by atoms with van der Waals surface area (Å²) in [5.74, 6) is 0.421. The van der Waals surface area contributed by atoms with Crippen LogP contribution in [0.2, 0.25) is 0 Å². The monoisotopic (exact) mass is 336 g/mol. The quantitative estimate of drug-likeness (QED) is 0.801. The first-order chi connectivity index (χ1) is 11.5. The van der Waals surface area contributed by atoms with Crippen LogP contribution in [0.15, 0.2) is 17.1 Å². The highest BCUT2D eigenvalue weighted by molar-refractivity contribution is 5.80. The maximum atomic E-state index is 12.0. The Balaban J connectivity index is 1.75. The fourth-order valence-corrected chi connectivity index (χ4v) is 2.79. The van der Waals surface area contributed by atoms with E-state index >= 15 is 0 Å². The number of aromatic nitrogens is 2.